The molecular formula is C14H26N4O6. The van der Waals surface area contributed by atoms with Gasteiger partial charge in [0.1, 0.15) is 6.54 Å². The van der Waals surface area contributed by atoms with Crippen LogP contribution in [0.5, 0.6) is 0 Å². The van der Waals surface area contributed by atoms with Gasteiger partial charge in [0.05, 0.1) is 6.54 Å². The molecule has 1 unspecified atom stereocenters. The van der Waals surface area contributed by atoms with Gasteiger partial charge in [0.25, 0.3) is 0 Å². The lowest BCUT2D eigenvalue weighted by molar-refractivity contribution is -0.140. The Morgan fingerprint density at radius 3 is 2.21 bits per heavy atom. The number of nitrogens with one attached hydrogen (secondary N) is 2. The number of carboxylic acids is 3. The molecule has 0 aromatic rings. The van der Waals surface area contributed by atoms with Crippen molar-refractivity contribution in [1.29, 1.82) is 0 Å². The average molecular weight is 346 g/mol. The third kappa shape index (κ3) is 9.40. The predicted molar refractivity (Wildman–Crippen MR) is 84.5 cm³/mol. The van der Waals surface area contributed by atoms with Crippen molar-refractivity contribution in [1.82, 2.24) is 20.7 Å². The predicted octanol–water partition coefficient (Wildman–Crippen LogP) is -1.65. The van der Waals surface area contributed by atoms with Crippen LogP contribution in [0.15, 0.2) is 0 Å². The topological polar surface area (TPSA) is 142 Å². The van der Waals surface area contributed by atoms with E-state index in [1.54, 1.807) is 9.91 Å². The second-order valence-electron chi connectivity index (χ2n) is 5.85. The van der Waals surface area contributed by atoms with Crippen molar-refractivity contribution in [3.63, 3.8) is 0 Å². The molecule has 0 aromatic heterocycles. The van der Waals surface area contributed by atoms with Crippen LogP contribution in [0.3, 0.4) is 0 Å². The Labute approximate surface area is 140 Å². The highest BCUT2D eigenvalue weighted by Crippen LogP contribution is 2.10. The maximum Gasteiger partial charge on any atom is 0.319 e. The van der Waals surface area contributed by atoms with E-state index in [4.69, 9.17) is 15.3 Å². The van der Waals surface area contributed by atoms with Crippen molar-refractivity contribution in [2.45, 2.75) is 12.8 Å². The van der Waals surface area contributed by atoms with Crippen LogP contribution in [0.2, 0.25) is 0 Å². The molecule has 5 N–H and O–H groups in total. The molecule has 1 atom stereocenters. The minimum Gasteiger partial charge on any atom is -0.481 e. The van der Waals surface area contributed by atoms with Crippen molar-refractivity contribution < 1.29 is 29.7 Å². The Bertz CT molecular complexity index is 403. The van der Waals surface area contributed by atoms with Crippen LogP contribution in [0.4, 0.5) is 0 Å². The fraction of sp³-hybridized carbons (Fsp3) is 0.786. The van der Waals surface area contributed by atoms with E-state index >= 15 is 0 Å². The molecule has 0 aliphatic carbocycles. The highest BCUT2D eigenvalue weighted by molar-refractivity contribution is 5.69. The van der Waals surface area contributed by atoms with E-state index < -0.39 is 17.9 Å². The molecule has 1 aliphatic rings. The Balaban J connectivity index is 2.68. The summed E-state index contributed by atoms with van der Waals surface area (Å²) in [6.45, 7) is 2.67. The summed E-state index contributed by atoms with van der Waals surface area (Å²) in [4.78, 5) is 34.6. The number of nitrogens with zero attached hydrogens (tertiary/aromatic N) is 2. The van der Waals surface area contributed by atoms with E-state index in [1.165, 1.54) is 0 Å². The zero-order valence-electron chi connectivity index (χ0n) is 13.6. The molecular weight excluding hydrogens is 320 g/mol. The van der Waals surface area contributed by atoms with Gasteiger partial charge in [-0.25, -0.2) is 5.01 Å². The molecule has 1 aliphatic heterocycles. The quantitative estimate of drug-likeness (QED) is 0.379. The summed E-state index contributed by atoms with van der Waals surface area (Å²) in [6.07, 6.45) is 0.473. The highest BCUT2D eigenvalue weighted by Gasteiger charge is 2.19. The normalized spacial score (nSPS) is 22.2. The van der Waals surface area contributed by atoms with Crippen molar-refractivity contribution >= 4 is 17.9 Å². The summed E-state index contributed by atoms with van der Waals surface area (Å²) in [7, 11) is 0. The van der Waals surface area contributed by atoms with Gasteiger partial charge in [-0.3, -0.25) is 24.7 Å². The maximum atomic E-state index is 11.0. The summed E-state index contributed by atoms with van der Waals surface area (Å²) in [6, 6.07) is 0. The molecule has 1 fully saturated rings. The standard InChI is InChI=1S/C14H26N4O6/c19-12(20)7-11-1-4-17(9-13(21)22)5-2-15-3-6-18(16-8-11)10-14(23)24/h11,15-16H,1-10H2,(H,19,20)(H,21,22)(H,23,24). The molecule has 0 radical (unpaired) electrons. The Hall–Kier alpha value is -1.75. The van der Waals surface area contributed by atoms with E-state index in [0.29, 0.717) is 45.7 Å². The summed E-state index contributed by atoms with van der Waals surface area (Å²) in [5, 5.41) is 31.6. The second-order valence-corrected chi connectivity index (χ2v) is 5.85. The fourth-order valence-corrected chi connectivity index (χ4v) is 2.56. The Morgan fingerprint density at radius 2 is 1.58 bits per heavy atom. The van der Waals surface area contributed by atoms with E-state index in [-0.39, 0.29) is 25.4 Å². The number of hydrogen-bond acceptors (Lipinski definition) is 7. The lowest BCUT2D eigenvalue weighted by Crippen LogP contribution is -2.48. The monoisotopic (exact) mass is 346 g/mol. The molecule has 138 valence electrons. The number of carbonyl (C=O) groups is 3. The van der Waals surface area contributed by atoms with Crippen molar-refractivity contribution in [3.05, 3.63) is 0 Å². The lowest BCUT2D eigenvalue weighted by atomic mass is 10.0. The molecule has 1 saturated heterocycles. The third-order valence-corrected chi connectivity index (χ3v) is 3.77. The van der Waals surface area contributed by atoms with Gasteiger partial charge in [0, 0.05) is 39.1 Å². The first kappa shape index (κ1) is 20.3. The first-order valence-corrected chi connectivity index (χ1v) is 7.93. The van der Waals surface area contributed by atoms with Crippen LogP contribution in [0.25, 0.3) is 0 Å². The lowest BCUT2D eigenvalue weighted by Gasteiger charge is -2.28. The molecule has 10 nitrogen and oxygen atoms in total. The SMILES string of the molecule is O=C(O)CC1CCN(CC(=O)O)CCNCCN(CC(=O)O)NC1. The molecule has 0 aromatic carbocycles. The highest BCUT2D eigenvalue weighted by atomic mass is 16.4. The van der Waals surface area contributed by atoms with Crippen molar-refractivity contribution in [2.24, 2.45) is 5.92 Å². The molecule has 0 bridgehead atoms. The largest absolute Gasteiger partial charge is 0.481 e. The zero-order valence-corrected chi connectivity index (χ0v) is 13.6. The summed E-state index contributed by atoms with van der Waals surface area (Å²) in [5.74, 6) is -3.01. The van der Waals surface area contributed by atoms with Crippen LogP contribution < -0.4 is 10.7 Å². The van der Waals surface area contributed by atoms with Gasteiger partial charge < -0.3 is 20.6 Å². The second kappa shape index (κ2) is 10.9. The number of hydrogen-bond donors (Lipinski definition) is 5. The van der Waals surface area contributed by atoms with Gasteiger partial charge in [-0.05, 0) is 18.9 Å². The maximum absolute atomic E-state index is 11.0. The van der Waals surface area contributed by atoms with Gasteiger partial charge in [-0.2, -0.15) is 0 Å². The number of rotatable bonds is 6. The van der Waals surface area contributed by atoms with Gasteiger partial charge in [0.15, 0.2) is 0 Å². The first-order chi connectivity index (χ1) is 11.4. The van der Waals surface area contributed by atoms with Crippen LogP contribution in [-0.4, -0.2) is 95.5 Å². The molecule has 10 heteroatoms. The Kier molecular flexibility index (Phi) is 9.23. The minimum atomic E-state index is -0.961. The van der Waals surface area contributed by atoms with Crippen LogP contribution in [0, 0.1) is 5.92 Å². The molecule has 0 amide bonds. The van der Waals surface area contributed by atoms with Crippen molar-refractivity contribution in [3.8, 4) is 0 Å². The summed E-state index contributed by atoms with van der Waals surface area (Å²) in [5.41, 5.74) is 2.99. The van der Waals surface area contributed by atoms with Crippen LogP contribution >= 0.6 is 0 Å². The molecule has 24 heavy (non-hydrogen) atoms. The van der Waals surface area contributed by atoms with Crippen LogP contribution in [0.1, 0.15) is 12.8 Å². The number of carboxylic acid groups (broad SMARTS) is 3. The van der Waals surface area contributed by atoms with E-state index in [0.717, 1.165) is 0 Å². The van der Waals surface area contributed by atoms with E-state index in [2.05, 4.69) is 10.7 Å². The van der Waals surface area contributed by atoms with Gasteiger partial charge in [-0.15, -0.1) is 0 Å². The summed E-state index contributed by atoms with van der Waals surface area (Å²) >= 11 is 0. The average Bonchev–Trinajstić information content (AvgIpc) is 2.45. The van der Waals surface area contributed by atoms with Gasteiger partial charge >= 0.3 is 17.9 Å². The van der Waals surface area contributed by atoms with E-state index in [1.807, 2.05) is 0 Å². The van der Waals surface area contributed by atoms with Crippen molar-refractivity contribution in [2.75, 3.05) is 52.4 Å². The molecule has 0 saturated carbocycles. The number of aliphatic carboxylic acids is 3. The number of hydrazine groups is 1. The summed E-state index contributed by atoms with van der Waals surface area (Å²) < 4.78 is 0. The van der Waals surface area contributed by atoms with Crippen LogP contribution in [-0.2, 0) is 14.4 Å². The minimum absolute atomic E-state index is 0.0485. The molecule has 0 spiro atoms. The van der Waals surface area contributed by atoms with Gasteiger partial charge in [0.2, 0.25) is 0 Å². The fourth-order valence-electron chi connectivity index (χ4n) is 2.56. The molecule has 1 heterocycles. The molecule has 1 rings (SSSR count). The third-order valence-electron chi connectivity index (χ3n) is 3.77. The zero-order chi connectivity index (χ0) is 17.9. The first-order valence-electron chi connectivity index (χ1n) is 7.93. The van der Waals surface area contributed by atoms with E-state index in [9.17, 15) is 14.4 Å². The van der Waals surface area contributed by atoms with Gasteiger partial charge in [-0.1, -0.05) is 0 Å². The Morgan fingerprint density at radius 1 is 0.917 bits per heavy atom. The smallest absolute Gasteiger partial charge is 0.319 e.